The Labute approximate surface area is 161 Å². The highest BCUT2D eigenvalue weighted by Gasteiger charge is 2.31. The van der Waals surface area contributed by atoms with Gasteiger partial charge < -0.3 is 14.6 Å². The van der Waals surface area contributed by atoms with Gasteiger partial charge in [-0.15, -0.1) is 0 Å². The lowest BCUT2D eigenvalue weighted by Crippen LogP contribution is -2.56. The summed E-state index contributed by atoms with van der Waals surface area (Å²) in [5.41, 5.74) is 1.20. The molecule has 146 valence electrons. The standard InChI is InChI=1S/C20H32N2O3S/c1-24-19-11-16(12-20(13-19)25-2)14-21-6-7-22(15-18(21)3-8-23)17-4-9-26-10-5-17/h11-13,17-18,23H,3-10,14-15H2,1-2H3/t18-/m0/s1. The van der Waals surface area contributed by atoms with Gasteiger partial charge in [0, 0.05) is 50.9 Å². The minimum atomic E-state index is 0.247. The van der Waals surface area contributed by atoms with Crippen molar-refractivity contribution >= 4 is 11.8 Å². The topological polar surface area (TPSA) is 45.2 Å². The van der Waals surface area contributed by atoms with Gasteiger partial charge in [0.25, 0.3) is 0 Å². The second-order valence-electron chi connectivity index (χ2n) is 7.20. The first kappa shape index (κ1) is 19.8. The third-order valence-electron chi connectivity index (χ3n) is 5.60. The van der Waals surface area contributed by atoms with Crippen LogP contribution >= 0.6 is 11.8 Å². The van der Waals surface area contributed by atoms with Crippen LogP contribution in [0.15, 0.2) is 18.2 Å². The molecular formula is C20H32N2O3S. The van der Waals surface area contributed by atoms with E-state index in [4.69, 9.17) is 9.47 Å². The monoisotopic (exact) mass is 380 g/mol. The summed E-state index contributed by atoms with van der Waals surface area (Å²) in [6, 6.07) is 7.22. The Kier molecular flexibility index (Phi) is 7.49. The fourth-order valence-electron chi connectivity index (χ4n) is 4.12. The highest BCUT2D eigenvalue weighted by Crippen LogP contribution is 2.27. The van der Waals surface area contributed by atoms with Crippen molar-refractivity contribution in [2.45, 2.75) is 37.9 Å². The van der Waals surface area contributed by atoms with Gasteiger partial charge in [-0.2, -0.15) is 11.8 Å². The summed E-state index contributed by atoms with van der Waals surface area (Å²) < 4.78 is 10.8. The SMILES string of the molecule is COc1cc(CN2CCN(C3CCSCC3)C[C@@H]2CCO)cc(OC)c1. The van der Waals surface area contributed by atoms with Gasteiger partial charge >= 0.3 is 0 Å². The van der Waals surface area contributed by atoms with Gasteiger partial charge in [-0.3, -0.25) is 9.80 Å². The number of methoxy groups -OCH3 is 2. The number of aliphatic hydroxyl groups is 1. The molecule has 1 aromatic rings. The van der Waals surface area contributed by atoms with E-state index in [0.29, 0.717) is 6.04 Å². The maximum absolute atomic E-state index is 9.57. The summed E-state index contributed by atoms with van der Waals surface area (Å²) in [5.74, 6) is 4.24. The molecule has 0 aliphatic carbocycles. The summed E-state index contributed by atoms with van der Waals surface area (Å²) in [5, 5.41) is 9.57. The molecule has 6 heteroatoms. The van der Waals surface area contributed by atoms with Crippen LogP contribution in [0, 0.1) is 0 Å². The number of hydrogen-bond acceptors (Lipinski definition) is 6. The molecule has 2 aliphatic heterocycles. The van der Waals surface area contributed by atoms with Crippen molar-refractivity contribution in [3.63, 3.8) is 0 Å². The number of nitrogens with zero attached hydrogens (tertiary/aromatic N) is 2. The molecule has 0 spiro atoms. The number of benzene rings is 1. The Morgan fingerprint density at radius 3 is 2.38 bits per heavy atom. The van der Waals surface area contributed by atoms with Crippen LogP contribution in [-0.4, -0.2) is 79.0 Å². The van der Waals surface area contributed by atoms with Gasteiger partial charge in [-0.25, -0.2) is 0 Å². The van der Waals surface area contributed by atoms with Crippen molar-refractivity contribution < 1.29 is 14.6 Å². The lowest BCUT2D eigenvalue weighted by molar-refractivity contribution is 0.0292. The fraction of sp³-hybridized carbons (Fsp3) is 0.700. The minimum Gasteiger partial charge on any atom is -0.497 e. The highest BCUT2D eigenvalue weighted by atomic mass is 32.2. The minimum absolute atomic E-state index is 0.247. The number of hydrogen-bond donors (Lipinski definition) is 1. The first-order chi connectivity index (χ1) is 12.7. The smallest absolute Gasteiger partial charge is 0.122 e. The Morgan fingerprint density at radius 1 is 1.08 bits per heavy atom. The van der Waals surface area contributed by atoms with E-state index in [1.807, 2.05) is 6.07 Å². The molecular weight excluding hydrogens is 348 g/mol. The number of piperazine rings is 1. The Bertz CT molecular complexity index is 544. The summed E-state index contributed by atoms with van der Waals surface area (Å²) in [7, 11) is 3.38. The van der Waals surface area contributed by atoms with Gasteiger partial charge in [0.05, 0.1) is 14.2 Å². The number of thioether (sulfide) groups is 1. The van der Waals surface area contributed by atoms with Crippen LogP contribution in [0.1, 0.15) is 24.8 Å². The third kappa shape index (κ3) is 5.06. The zero-order valence-electron chi connectivity index (χ0n) is 16.0. The first-order valence-electron chi connectivity index (χ1n) is 9.62. The Morgan fingerprint density at radius 2 is 1.77 bits per heavy atom. The summed E-state index contributed by atoms with van der Waals surface area (Å²) in [6.45, 7) is 4.35. The molecule has 2 heterocycles. The van der Waals surface area contributed by atoms with E-state index >= 15 is 0 Å². The molecule has 0 saturated carbocycles. The second-order valence-corrected chi connectivity index (χ2v) is 8.42. The van der Waals surface area contributed by atoms with E-state index in [0.717, 1.165) is 50.1 Å². The van der Waals surface area contributed by atoms with Crippen LogP contribution in [0.3, 0.4) is 0 Å². The first-order valence-corrected chi connectivity index (χ1v) is 10.8. The number of rotatable bonds is 7. The van der Waals surface area contributed by atoms with E-state index in [9.17, 15) is 5.11 Å². The van der Waals surface area contributed by atoms with Crippen molar-refractivity contribution in [1.29, 1.82) is 0 Å². The number of ether oxygens (including phenoxy) is 2. The lowest BCUT2D eigenvalue weighted by atomic mass is 10.0. The zero-order valence-corrected chi connectivity index (χ0v) is 16.8. The van der Waals surface area contributed by atoms with Crippen molar-refractivity contribution in [2.24, 2.45) is 0 Å². The van der Waals surface area contributed by atoms with Crippen molar-refractivity contribution in [3.05, 3.63) is 23.8 Å². The normalized spacial score (nSPS) is 23.1. The molecule has 0 unspecified atom stereocenters. The van der Waals surface area contributed by atoms with Crippen LogP contribution in [0.5, 0.6) is 11.5 Å². The van der Waals surface area contributed by atoms with Crippen LogP contribution in [0.4, 0.5) is 0 Å². The molecule has 0 aromatic heterocycles. The highest BCUT2D eigenvalue weighted by molar-refractivity contribution is 7.99. The molecule has 26 heavy (non-hydrogen) atoms. The van der Waals surface area contributed by atoms with Gasteiger partial charge in [-0.05, 0) is 48.5 Å². The van der Waals surface area contributed by atoms with Crippen LogP contribution in [-0.2, 0) is 6.54 Å². The van der Waals surface area contributed by atoms with Crippen LogP contribution in [0.25, 0.3) is 0 Å². The molecule has 0 bridgehead atoms. The molecule has 0 amide bonds. The molecule has 1 aromatic carbocycles. The van der Waals surface area contributed by atoms with Crippen LogP contribution in [0.2, 0.25) is 0 Å². The molecule has 2 saturated heterocycles. The van der Waals surface area contributed by atoms with Gasteiger partial charge in [-0.1, -0.05) is 0 Å². The molecule has 3 rings (SSSR count). The Hall–Kier alpha value is -0.950. The molecule has 2 fully saturated rings. The van der Waals surface area contributed by atoms with Gasteiger partial charge in [0.1, 0.15) is 11.5 Å². The average molecular weight is 381 g/mol. The molecule has 1 N–H and O–H groups in total. The van der Waals surface area contributed by atoms with Crippen molar-refractivity contribution in [2.75, 3.05) is 52.0 Å². The quantitative estimate of drug-likeness (QED) is 0.784. The summed E-state index contributed by atoms with van der Waals surface area (Å²) in [4.78, 5) is 5.18. The maximum Gasteiger partial charge on any atom is 0.122 e. The third-order valence-corrected chi connectivity index (χ3v) is 6.65. The van der Waals surface area contributed by atoms with Gasteiger partial charge in [0.2, 0.25) is 0 Å². The molecule has 5 nitrogen and oxygen atoms in total. The van der Waals surface area contributed by atoms with E-state index in [1.54, 1.807) is 14.2 Å². The van der Waals surface area contributed by atoms with Crippen LogP contribution < -0.4 is 9.47 Å². The Balaban J connectivity index is 1.67. The van der Waals surface area contributed by atoms with Gasteiger partial charge in [0.15, 0.2) is 0 Å². The zero-order chi connectivity index (χ0) is 18.4. The maximum atomic E-state index is 9.57. The van der Waals surface area contributed by atoms with E-state index in [-0.39, 0.29) is 6.61 Å². The van der Waals surface area contributed by atoms with E-state index in [2.05, 4.69) is 33.7 Å². The summed E-state index contributed by atoms with van der Waals surface area (Å²) in [6.07, 6.45) is 3.45. The van der Waals surface area contributed by atoms with Crippen molar-refractivity contribution in [1.82, 2.24) is 9.80 Å². The molecule has 1 atom stereocenters. The van der Waals surface area contributed by atoms with E-state index < -0.39 is 0 Å². The van der Waals surface area contributed by atoms with Crippen molar-refractivity contribution in [3.8, 4) is 11.5 Å². The second kappa shape index (κ2) is 9.83. The molecule has 0 radical (unpaired) electrons. The summed E-state index contributed by atoms with van der Waals surface area (Å²) >= 11 is 2.08. The predicted molar refractivity (Wildman–Crippen MR) is 107 cm³/mol. The number of aliphatic hydroxyl groups excluding tert-OH is 1. The lowest BCUT2D eigenvalue weighted by Gasteiger charge is -2.45. The fourth-order valence-corrected chi connectivity index (χ4v) is 5.20. The average Bonchev–Trinajstić information content (AvgIpc) is 2.69. The largest absolute Gasteiger partial charge is 0.497 e. The van der Waals surface area contributed by atoms with E-state index in [1.165, 1.54) is 29.9 Å². The predicted octanol–water partition coefficient (Wildman–Crippen LogP) is 2.47. The molecule has 2 aliphatic rings.